The van der Waals surface area contributed by atoms with Gasteiger partial charge in [-0.25, -0.2) is 24.0 Å². The number of β-lactam (4-membered cyclic amide) rings is 5. The molecule has 15 aliphatic rings. The van der Waals surface area contributed by atoms with Gasteiger partial charge in [-0.3, -0.25) is 58.7 Å². The van der Waals surface area contributed by atoms with Crippen LogP contribution in [0.5, 0.6) is 0 Å². The summed E-state index contributed by atoms with van der Waals surface area (Å²) in [5.74, 6) is -7.10. The average molecular weight is 1610 g/mol. The molecule has 15 aliphatic heterocycles. The van der Waals surface area contributed by atoms with Gasteiger partial charge in [0.05, 0.1) is 102 Å². The van der Waals surface area contributed by atoms with E-state index in [4.69, 9.17) is 5.41 Å². The number of carboxylic acids is 5. The van der Waals surface area contributed by atoms with Crippen LogP contribution in [0.1, 0.15) is 136 Å². The Morgan fingerprint density at radius 3 is 0.678 bits per heavy atom. The van der Waals surface area contributed by atoms with Gasteiger partial charge >= 0.3 is 29.8 Å². The SMILES string of the molecule is CC(=N)NC(=O)[C@H]1CCN(CC2=C(C(=O)O)N3C(=O)C([C@@H](C)O)C3[C@H]2C)C1.C[C@H]1CCN(CC2=C(C(=O)O)N3C(=O)C([C@@H](C)O)C3[C@H]2C)C1.C[C@H]1CCN(CC2=C(C(=O)O)N3C(=O)C([C@@H](C)O)C3[C@H]2C)C1.C[C@H]1CCN(CC2=C(C(=O)O)N3C(=O)C([C@@H](C)O)C3[C@H]2C)C1.C[C@H]1CCN(CC2=C(C(=O)O)N3C(=O)C([C@@H](C)O)C3[C@H]2C)C1. The highest BCUT2D eigenvalue weighted by molar-refractivity contribution is 6.04. The number of hydrogen-bond donors (Lipinski definition) is 12. The molecule has 10 saturated heterocycles. The number of aliphatic hydroxyl groups excluding tert-OH is 5. The molecule has 115 heavy (non-hydrogen) atoms. The van der Waals surface area contributed by atoms with Gasteiger partial charge in [-0.15, -0.1) is 0 Å². The Kier molecular flexibility index (Phi) is 26.5. The summed E-state index contributed by atoms with van der Waals surface area (Å²) < 4.78 is 0. The number of amidine groups is 1. The number of carbonyl (C=O) groups is 11. The third kappa shape index (κ3) is 16.4. The number of fused-ring (bicyclic) bond motifs is 5. The van der Waals surface area contributed by atoms with Gasteiger partial charge in [0.15, 0.2) is 0 Å². The second kappa shape index (κ2) is 34.6. The van der Waals surface area contributed by atoms with Crippen LogP contribution in [-0.2, 0) is 52.7 Å². The number of amides is 6. The highest BCUT2D eigenvalue weighted by Gasteiger charge is 2.65. The van der Waals surface area contributed by atoms with E-state index in [0.29, 0.717) is 81.5 Å². The lowest BCUT2D eigenvalue weighted by molar-refractivity contribution is -0.163. The van der Waals surface area contributed by atoms with E-state index in [1.165, 1.54) is 31.4 Å². The summed E-state index contributed by atoms with van der Waals surface area (Å²) in [6.45, 7) is 39.8. The Balaban J connectivity index is 0.000000142. The first-order valence-electron chi connectivity index (χ1n) is 41.3. The number of nitrogens with zero attached hydrogens (tertiary/aromatic N) is 10. The minimum Gasteiger partial charge on any atom is -0.477 e. The maximum Gasteiger partial charge on any atom is 0.352 e. The fraction of sp³-hybridized carbons (Fsp3) is 0.732. The van der Waals surface area contributed by atoms with Crippen LogP contribution in [0.4, 0.5) is 0 Å². The topological polar surface area (TPSA) is 458 Å². The van der Waals surface area contributed by atoms with E-state index in [0.717, 1.165) is 100 Å². The van der Waals surface area contributed by atoms with Crippen molar-refractivity contribution in [1.82, 2.24) is 54.3 Å². The molecule has 15 heterocycles. The summed E-state index contributed by atoms with van der Waals surface area (Å²) >= 11 is 0. The number of carbonyl (C=O) groups excluding carboxylic acids is 6. The number of likely N-dealkylation sites (tertiary alicyclic amines) is 5. The zero-order valence-electron chi connectivity index (χ0n) is 69.0. The van der Waals surface area contributed by atoms with Crippen molar-refractivity contribution in [2.75, 3.05) is 98.2 Å². The van der Waals surface area contributed by atoms with Gasteiger partial charge in [0, 0.05) is 95.0 Å². The molecule has 33 nitrogen and oxygen atoms in total. The van der Waals surface area contributed by atoms with Crippen LogP contribution in [0.25, 0.3) is 0 Å². The molecule has 0 aromatic heterocycles. The zero-order valence-corrected chi connectivity index (χ0v) is 69.0. The normalized spacial score (nSPS) is 35.4. The van der Waals surface area contributed by atoms with Gasteiger partial charge in [0.25, 0.3) is 0 Å². The summed E-state index contributed by atoms with van der Waals surface area (Å²) in [6.07, 6.45) is 1.40. The summed E-state index contributed by atoms with van der Waals surface area (Å²) in [5.41, 5.74) is 4.65. The van der Waals surface area contributed by atoms with Crippen LogP contribution < -0.4 is 5.32 Å². The molecule has 12 N–H and O–H groups in total. The first kappa shape index (κ1) is 88.0. The molecule has 0 bridgehead atoms. The molecular formula is C82H122N12O21. The molecule has 0 aliphatic carbocycles. The highest BCUT2D eigenvalue weighted by atomic mass is 16.4. The van der Waals surface area contributed by atoms with Crippen molar-refractivity contribution >= 4 is 71.1 Å². The van der Waals surface area contributed by atoms with Gasteiger partial charge in [-0.1, -0.05) is 62.3 Å². The second-order valence-electron chi connectivity index (χ2n) is 36.0. The Labute approximate surface area is 671 Å². The maximum absolute atomic E-state index is 12.4. The standard InChI is InChI=1S/C18H26N4O5.4C16H24N2O4/c1-8-12(7-21-5-4-11(6-21)16(24)20-10(3)19)15(18(26)27)22-14(8)13(9(2)23)17(22)25;4*1-8-4-5-17(6-8)7-11-9(2)13-12(10(3)19)15(20)18(13)14(11)16(21)22/h8-9,11,13-14,23H,4-7H2,1-3H3,(H,26,27)(H2,19,20,24);4*8-10,12-13,19H,4-7H2,1-3H3,(H,21,22)/t8-,9+,11-,13?,14?;4*8-,9-,10+,12?,13?/m00000/s1. The predicted octanol–water partition coefficient (Wildman–Crippen LogP) is 1.72. The fourth-order valence-electron chi connectivity index (χ4n) is 21.6. The van der Waals surface area contributed by atoms with Crippen LogP contribution in [0, 0.1) is 94.2 Å². The highest BCUT2D eigenvalue weighted by Crippen LogP contribution is 2.53. The Morgan fingerprint density at radius 2 is 0.522 bits per heavy atom. The molecule has 0 aromatic carbocycles. The maximum atomic E-state index is 12.4. The molecule has 10 fully saturated rings. The molecule has 0 spiro atoms. The van der Waals surface area contributed by atoms with Crippen molar-refractivity contribution in [3.8, 4) is 0 Å². The first-order valence-corrected chi connectivity index (χ1v) is 41.3. The van der Waals surface area contributed by atoms with Crippen LogP contribution in [0.15, 0.2) is 56.4 Å². The molecule has 33 heteroatoms. The van der Waals surface area contributed by atoms with E-state index in [9.17, 15) is 104 Å². The zero-order chi connectivity index (χ0) is 84.8. The molecule has 25 atom stereocenters. The Morgan fingerprint density at radius 1 is 0.339 bits per heavy atom. The number of nitrogens with one attached hydrogen (secondary N) is 2. The Hall–Kier alpha value is -7.86. The summed E-state index contributed by atoms with van der Waals surface area (Å²) in [4.78, 5) is 150. The van der Waals surface area contributed by atoms with E-state index in [1.807, 2.05) is 39.5 Å². The number of hydrogen-bond acceptors (Lipinski definition) is 22. The monoisotopic (exact) mass is 1610 g/mol. The molecular weight excluding hydrogens is 1490 g/mol. The van der Waals surface area contributed by atoms with Gasteiger partial charge < -0.3 is 80.9 Å². The van der Waals surface area contributed by atoms with Crippen molar-refractivity contribution in [3.63, 3.8) is 0 Å². The number of aliphatic hydroxyl groups is 5. The van der Waals surface area contributed by atoms with Crippen molar-refractivity contribution in [3.05, 3.63) is 56.4 Å². The summed E-state index contributed by atoms with van der Waals surface area (Å²) in [7, 11) is 0. The first-order chi connectivity index (χ1) is 53.9. The van der Waals surface area contributed by atoms with Crippen molar-refractivity contribution < 1.29 is 104 Å². The van der Waals surface area contributed by atoms with Gasteiger partial charge in [-0.05, 0) is 158 Å². The van der Waals surface area contributed by atoms with E-state index < -0.39 is 90.0 Å². The predicted molar refractivity (Wildman–Crippen MR) is 415 cm³/mol. The molecule has 15 rings (SSSR count). The molecule has 0 radical (unpaired) electrons. The minimum absolute atomic E-state index is 0.0145. The number of rotatable bonds is 21. The largest absolute Gasteiger partial charge is 0.477 e. The van der Waals surface area contributed by atoms with E-state index in [-0.39, 0.29) is 135 Å². The lowest BCUT2D eigenvalue weighted by Crippen LogP contribution is -2.63. The molecule has 6 amide bonds. The van der Waals surface area contributed by atoms with Crippen molar-refractivity contribution in [2.45, 2.75) is 197 Å². The minimum atomic E-state index is -1.13. The van der Waals surface area contributed by atoms with Gasteiger partial charge in [0.1, 0.15) is 28.5 Å². The van der Waals surface area contributed by atoms with Crippen LogP contribution >= 0.6 is 0 Å². The second-order valence-corrected chi connectivity index (χ2v) is 36.0. The van der Waals surface area contributed by atoms with Crippen molar-refractivity contribution in [1.29, 1.82) is 5.41 Å². The van der Waals surface area contributed by atoms with Crippen LogP contribution in [0.2, 0.25) is 0 Å². The quantitative estimate of drug-likeness (QED) is 0.0442. The van der Waals surface area contributed by atoms with Crippen LogP contribution in [-0.4, -0.2) is 330 Å². The fourth-order valence-corrected chi connectivity index (χ4v) is 21.6. The smallest absolute Gasteiger partial charge is 0.352 e. The van der Waals surface area contributed by atoms with Gasteiger partial charge in [-0.2, -0.15) is 0 Å². The Bertz CT molecular complexity index is 3690. The molecule has 0 aromatic rings. The van der Waals surface area contributed by atoms with E-state index >= 15 is 0 Å². The average Bonchev–Trinajstić information content (AvgIpc) is 1.59. The number of carboxylic acid groups (broad SMARTS) is 5. The van der Waals surface area contributed by atoms with E-state index in [1.54, 1.807) is 34.6 Å². The summed E-state index contributed by atoms with van der Waals surface area (Å²) in [6, 6.07) is -1.12. The molecule has 0 saturated carbocycles. The van der Waals surface area contributed by atoms with Crippen LogP contribution in [0.3, 0.4) is 0 Å². The summed E-state index contributed by atoms with van der Waals surface area (Å²) in [5, 5.41) is 107. The van der Waals surface area contributed by atoms with E-state index in [2.05, 4.69) is 52.6 Å². The lowest BCUT2D eigenvalue weighted by atomic mass is 9.77. The lowest BCUT2D eigenvalue weighted by Gasteiger charge is -2.46. The third-order valence-corrected chi connectivity index (χ3v) is 27.5. The van der Waals surface area contributed by atoms with Gasteiger partial charge in [0.2, 0.25) is 35.4 Å². The van der Waals surface area contributed by atoms with Crippen molar-refractivity contribution in [2.24, 2.45) is 88.8 Å². The number of aliphatic carboxylic acids is 5. The molecule has 10 unspecified atom stereocenters. The third-order valence-electron chi connectivity index (χ3n) is 27.5. The molecule has 636 valence electrons.